The van der Waals surface area contributed by atoms with E-state index in [2.05, 4.69) is 22.3 Å². The molecule has 2 N–H and O–H groups in total. The van der Waals surface area contributed by atoms with Crippen LogP contribution >= 0.6 is 0 Å². The molecule has 0 radical (unpaired) electrons. The zero-order chi connectivity index (χ0) is 24.6. The van der Waals surface area contributed by atoms with Crippen LogP contribution in [0.1, 0.15) is 40.7 Å². The van der Waals surface area contributed by atoms with Crippen LogP contribution in [0.5, 0.6) is 0 Å². The summed E-state index contributed by atoms with van der Waals surface area (Å²) in [5, 5.41) is 10.7. The summed E-state index contributed by atoms with van der Waals surface area (Å²) >= 11 is 0. The summed E-state index contributed by atoms with van der Waals surface area (Å²) in [7, 11) is 0. The van der Waals surface area contributed by atoms with E-state index in [1.807, 2.05) is 0 Å². The number of carboxylic acid groups (broad SMARTS) is 1. The molecule has 2 aromatic rings. The molecule has 0 aromatic heterocycles. The molecule has 0 amide bonds. The molecule has 1 saturated heterocycles. The minimum atomic E-state index is -5.08. The van der Waals surface area contributed by atoms with Gasteiger partial charge in [0, 0.05) is 41.9 Å². The fourth-order valence-corrected chi connectivity index (χ4v) is 5.00. The lowest BCUT2D eigenvalue weighted by atomic mass is 9.87. The van der Waals surface area contributed by atoms with Crippen molar-refractivity contribution in [2.75, 3.05) is 31.1 Å². The third-order valence-electron chi connectivity index (χ3n) is 6.40. The van der Waals surface area contributed by atoms with Gasteiger partial charge >= 0.3 is 12.1 Å². The van der Waals surface area contributed by atoms with E-state index in [1.54, 1.807) is 6.07 Å². The Morgan fingerprint density at radius 3 is 2.62 bits per heavy atom. The van der Waals surface area contributed by atoms with Gasteiger partial charge in [0.2, 0.25) is 0 Å². The summed E-state index contributed by atoms with van der Waals surface area (Å²) in [5.74, 6) is -2.81. The largest absolute Gasteiger partial charge is 0.490 e. The minimum Gasteiger partial charge on any atom is -0.475 e. The molecule has 3 aliphatic rings. The van der Waals surface area contributed by atoms with Crippen molar-refractivity contribution in [1.29, 1.82) is 0 Å². The predicted octanol–water partition coefficient (Wildman–Crippen LogP) is 4.12. The Bertz CT molecular complexity index is 1120. The lowest BCUT2D eigenvalue weighted by Gasteiger charge is -2.33. The maximum absolute atomic E-state index is 13.7. The van der Waals surface area contributed by atoms with Gasteiger partial charge in [-0.1, -0.05) is 6.07 Å². The molecule has 3 heterocycles. The number of halogens is 4. The molecule has 10 heteroatoms. The third kappa shape index (κ3) is 4.65. The van der Waals surface area contributed by atoms with Crippen LogP contribution in [-0.4, -0.2) is 55.3 Å². The molecule has 3 aliphatic heterocycles. The van der Waals surface area contributed by atoms with Crippen LogP contribution in [0.15, 0.2) is 30.3 Å². The van der Waals surface area contributed by atoms with Crippen LogP contribution < -0.4 is 10.2 Å². The average molecular weight is 480 g/mol. The lowest BCUT2D eigenvalue weighted by Crippen LogP contribution is -2.44. The number of alkyl halides is 3. The number of aliphatic carboxylic acids is 1. The molecule has 1 fully saturated rings. The summed E-state index contributed by atoms with van der Waals surface area (Å²) in [6, 6.07) is 9.35. The van der Waals surface area contributed by atoms with Crippen LogP contribution in [0, 0.1) is 5.82 Å². The molecule has 0 aliphatic carbocycles. The molecule has 0 unspecified atom stereocenters. The normalized spacial score (nSPS) is 21.0. The Morgan fingerprint density at radius 1 is 1.21 bits per heavy atom. The number of hydrogen-bond donors (Lipinski definition) is 2. The molecule has 5 rings (SSSR count). The summed E-state index contributed by atoms with van der Waals surface area (Å²) in [5.41, 5.74) is 6.04. The van der Waals surface area contributed by atoms with Gasteiger partial charge in [-0.05, 0) is 60.8 Å². The summed E-state index contributed by atoms with van der Waals surface area (Å²) in [6.45, 7) is 5.75. The van der Waals surface area contributed by atoms with E-state index in [0.717, 1.165) is 43.8 Å². The summed E-state index contributed by atoms with van der Waals surface area (Å²) < 4.78 is 51.3. The number of piperidine rings is 1. The van der Waals surface area contributed by atoms with E-state index < -0.39 is 12.1 Å². The molecule has 0 bridgehead atoms. The molecule has 6 nitrogen and oxygen atoms in total. The van der Waals surface area contributed by atoms with Gasteiger partial charge in [0.15, 0.2) is 5.78 Å². The minimum absolute atomic E-state index is 0.119. The number of Topliss-reactive ketones (excluding diaryl/α,β-unsaturated/α-hetero) is 1. The van der Waals surface area contributed by atoms with Gasteiger partial charge < -0.3 is 20.1 Å². The molecule has 182 valence electrons. The smallest absolute Gasteiger partial charge is 0.475 e. The van der Waals surface area contributed by atoms with Crippen LogP contribution in [0.2, 0.25) is 0 Å². The van der Waals surface area contributed by atoms with Gasteiger partial charge in [0.25, 0.3) is 0 Å². The van der Waals surface area contributed by atoms with Gasteiger partial charge in [-0.15, -0.1) is 0 Å². The second-order valence-corrected chi connectivity index (χ2v) is 8.53. The third-order valence-corrected chi connectivity index (χ3v) is 6.40. The first-order chi connectivity index (χ1) is 16.1. The van der Waals surface area contributed by atoms with Crippen molar-refractivity contribution in [3.63, 3.8) is 0 Å². The average Bonchev–Trinajstić information content (AvgIpc) is 2.94. The molecule has 2 aromatic carbocycles. The number of nitrogens with one attached hydrogen (secondary N) is 1. The Labute approximate surface area is 193 Å². The van der Waals surface area contributed by atoms with E-state index in [4.69, 9.17) is 14.6 Å². The number of rotatable bonds is 2. The molecular formula is C24H24F4N2O4. The number of ketones is 1. The molecule has 34 heavy (non-hydrogen) atoms. The highest BCUT2D eigenvalue weighted by Gasteiger charge is 2.42. The highest BCUT2D eigenvalue weighted by molar-refractivity contribution is 6.01. The van der Waals surface area contributed by atoms with Crippen molar-refractivity contribution in [3.05, 3.63) is 52.8 Å². The maximum Gasteiger partial charge on any atom is 0.490 e. The molecular weight excluding hydrogens is 456 g/mol. The molecule has 0 saturated carbocycles. The second kappa shape index (κ2) is 9.34. The number of anilines is 1. The number of benzene rings is 2. The fourth-order valence-electron chi connectivity index (χ4n) is 5.00. The van der Waals surface area contributed by atoms with Crippen LogP contribution in [-0.2, 0) is 16.1 Å². The van der Waals surface area contributed by atoms with Crippen LogP contribution in [0.3, 0.4) is 0 Å². The van der Waals surface area contributed by atoms with E-state index in [9.17, 15) is 22.4 Å². The molecule has 0 spiro atoms. The summed E-state index contributed by atoms with van der Waals surface area (Å²) in [6.07, 6.45) is -3.95. The number of carbonyl (C=O) groups excluding carboxylic acids is 1. The van der Waals surface area contributed by atoms with Crippen molar-refractivity contribution >= 4 is 17.4 Å². The lowest BCUT2D eigenvalue weighted by molar-refractivity contribution is -0.192. The van der Waals surface area contributed by atoms with Crippen LogP contribution in [0.25, 0.3) is 11.1 Å². The Hall–Kier alpha value is -2.98. The van der Waals surface area contributed by atoms with Crippen molar-refractivity contribution in [2.45, 2.75) is 38.1 Å². The van der Waals surface area contributed by atoms with Crippen molar-refractivity contribution in [2.24, 2.45) is 0 Å². The number of fused-ring (bicyclic) bond motifs is 3. The highest BCUT2D eigenvalue weighted by atomic mass is 19.4. The Morgan fingerprint density at radius 2 is 1.94 bits per heavy atom. The zero-order valence-corrected chi connectivity index (χ0v) is 18.4. The first-order valence-corrected chi connectivity index (χ1v) is 10.9. The monoisotopic (exact) mass is 480 g/mol. The zero-order valence-electron chi connectivity index (χ0n) is 18.4. The maximum atomic E-state index is 13.7. The standard InChI is InChI=1S/C22H23FN2O2.C2HF3O2/c1-13(26)18-10-16(23)2-3-17(18)14-8-15-12-27-7-6-25-21-4-5-24-11-20(21)19(9-14)22(15)25;3-2(4,5)1(6)7/h2-3,8-10,20-21,24H,4-7,11-12H2,1H3;(H,6,7)/t20-,21-;/m0./s1. The SMILES string of the molecule is CC(=O)c1cc(F)ccc1-c1cc2c3c(c1)[C@@H]1CNCC[C@@H]1N3CCOC2.O=C(O)C(F)(F)F. The topological polar surface area (TPSA) is 78.9 Å². The Kier molecular flexibility index (Phi) is 6.64. The highest BCUT2D eigenvalue weighted by Crippen LogP contribution is 2.48. The van der Waals surface area contributed by atoms with Gasteiger partial charge in [-0.2, -0.15) is 13.2 Å². The van der Waals surface area contributed by atoms with Crippen molar-refractivity contribution in [3.8, 4) is 11.1 Å². The van der Waals surface area contributed by atoms with Gasteiger partial charge in [0.1, 0.15) is 5.82 Å². The fraction of sp³-hybridized carbons (Fsp3) is 0.417. The Balaban J connectivity index is 0.000000344. The number of ether oxygens (including phenoxy) is 1. The van der Waals surface area contributed by atoms with Gasteiger partial charge in [-0.25, -0.2) is 9.18 Å². The number of nitrogens with zero attached hydrogens (tertiary/aromatic N) is 1. The first kappa shape index (κ1) is 24.2. The summed E-state index contributed by atoms with van der Waals surface area (Å²) in [4.78, 5) is 23.5. The number of carboxylic acids is 1. The van der Waals surface area contributed by atoms with Gasteiger partial charge in [0.05, 0.1) is 13.2 Å². The first-order valence-electron chi connectivity index (χ1n) is 10.9. The van der Waals surface area contributed by atoms with Gasteiger partial charge in [-0.3, -0.25) is 4.79 Å². The quantitative estimate of drug-likeness (QED) is 0.497. The van der Waals surface area contributed by atoms with Crippen molar-refractivity contribution < 1.29 is 37.0 Å². The molecule has 2 atom stereocenters. The number of carbonyl (C=O) groups is 2. The van der Waals surface area contributed by atoms with E-state index in [-0.39, 0.29) is 11.6 Å². The second-order valence-electron chi connectivity index (χ2n) is 8.53. The van der Waals surface area contributed by atoms with E-state index in [0.29, 0.717) is 24.1 Å². The predicted molar refractivity (Wildman–Crippen MR) is 117 cm³/mol. The van der Waals surface area contributed by atoms with E-state index >= 15 is 0 Å². The van der Waals surface area contributed by atoms with E-state index in [1.165, 1.54) is 35.9 Å². The van der Waals surface area contributed by atoms with Crippen LogP contribution in [0.4, 0.5) is 23.2 Å². The number of hydrogen-bond acceptors (Lipinski definition) is 5. The van der Waals surface area contributed by atoms with Crippen molar-refractivity contribution in [1.82, 2.24) is 5.32 Å².